The summed E-state index contributed by atoms with van der Waals surface area (Å²) in [5.74, 6) is 2.69. The minimum absolute atomic E-state index is 0.0348. The number of benzene rings is 1. The number of Topliss-reactive ketones (excluding diaryl/α,β-unsaturated/α-hetero) is 1. The molecule has 0 saturated carbocycles. The number of anilines is 1. The maximum atomic E-state index is 12.6. The molecule has 1 N–H and O–H groups in total. The van der Waals surface area contributed by atoms with E-state index in [9.17, 15) is 4.79 Å². The summed E-state index contributed by atoms with van der Waals surface area (Å²) in [6.07, 6.45) is 4.32. The monoisotopic (exact) mass is 379 g/mol. The summed E-state index contributed by atoms with van der Waals surface area (Å²) in [5, 5.41) is 3.14. The highest BCUT2D eigenvalue weighted by molar-refractivity contribution is 5.98. The van der Waals surface area contributed by atoms with E-state index in [1.165, 1.54) is 0 Å². The Hall–Kier alpha value is -3.35. The molecule has 1 aromatic carbocycles. The molecule has 0 radical (unpaired) electrons. The lowest BCUT2D eigenvalue weighted by Crippen LogP contribution is -2.21. The second-order valence-electron chi connectivity index (χ2n) is 6.63. The zero-order chi connectivity index (χ0) is 19.5. The number of hydrogen-bond acceptors (Lipinski definition) is 7. The van der Waals surface area contributed by atoms with E-state index >= 15 is 0 Å². The van der Waals surface area contributed by atoms with Gasteiger partial charge in [-0.05, 0) is 42.2 Å². The standard InChI is InChI=1S/C21H21N3O4/c1-26-19-6-5-13(10-20(19)27-2)14-8-17-16(18(25)9-14)12-23-21(24-17)22-11-15-4-3-7-28-15/h3-7,10,12,14H,8-9,11H2,1-2H3,(H,22,23,24). The number of nitrogens with zero attached hydrogens (tertiary/aromatic N) is 2. The van der Waals surface area contributed by atoms with Crippen molar-refractivity contribution in [3.63, 3.8) is 0 Å². The average Bonchev–Trinajstić information content (AvgIpc) is 3.25. The smallest absolute Gasteiger partial charge is 0.223 e. The van der Waals surface area contributed by atoms with Crippen LogP contribution in [0.1, 0.15) is 39.7 Å². The van der Waals surface area contributed by atoms with Gasteiger partial charge in [0.1, 0.15) is 5.76 Å². The van der Waals surface area contributed by atoms with Crippen molar-refractivity contribution < 1.29 is 18.7 Å². The summed E-state index contributed by atoms with van der Waals surface area (Å²) in [7, 11) is 3.21. The number of nitrogens with one attached hydrogen (secondary N) is 1. The molecule has 0 amide bonds. The van der Waals surface area contributed by atoms with Crippen LogP contribution in [0.5, 0.6) is 11.5 Å². The largest absolute Gasteiger partial charge is 0.493 e. The Balaban J connectivity index is 1.56. The first kappa shape index (κ1) is 18.0. The van der Waals surface area contributed by atoms with Crippen LogP contribution in [-0.4, -0.2) is 30.0 Å². The van der Waals surface area contributed by atoms with E-state index in [1.54, 1.807) is 26.7 Å². The fourth-order valence-corrected chi connectivity index (χ4v) is 3.45. The number of ether oxygens (including phenoxy) is 2. The van der Waals surface area contributed by atoms with Crippen LogP contribution in [0.4, 0.5) is 5.95 Å². The van der Waals surface area contributed by atoms with Gasteiger partial charge in [0.2, 0.25) is 5.95 Å². The summed E-state index contributed by atoms with van der Waals surface area (Å²) in [5.41, 5.74) is 2.38. The molecular weight excluding hydrogens is 358 g/mol. The lowest BCUT2D eigenvalue weighted by molar-refractivity contribution is 0.0962. The number of methoxy groups -OCH3 is 2. The zero-order valence-electron chi connectivity index (χ0n) is 15.8. The molecule has 7 nitrogen and oxygen atoms in total. The molecule has 1 unspecified atom stereocenters. The Labute approximate surface area is 162 Å². The van der Waals surface area contributed by atoms with Gasteiger partial charge in [0.05, 0.1) is 38.3 Å². The van der Waals surface area contributed by atoms with Crippen LogP contribution < -0.4 is 14.8 Å². The van der Waals surface area contributed by atoms with Crippen LogP contribution in [0.3, 0.4) is 0 Å². The van der Waals surface area contributed by atoms with E-state index in [4.69, 9.17) is 13.9 Å². The number of carbonyl (C=O) groups is 1. The van der Waals surface area contributed by atoms with Crippen molar-refractivity contribution in [1.82, 2.24) is 9.97 Å². The lowest BCUT2D eigenvalue weighted by Gasteiger charge is -2.24. The van der Waals surface area contributed by atoms with Crippen molar-refractivity contribution in [3.8, 4) is 11.5 Å². The van der Waals surface area contributed by atoms with Gasteiger partial charge in [0.15, 0.2) is 17.3 Å². The Morgan fingerprint density at radius 1 is 1.18 bits per heavy atom. The van der Waals surface area contributed by atoms with E-state index in [0.717, 1.165) is 17.0 Å². The van der Waals surface area contributed by atoms with Gasteiger partial charge in [-0.25, -0.2) is 9.97 Å². The summed E-state index contributed by atoms with van der Waals surface area (Å²) in [6, 6.07) is 9.48. The maximum absolute atomic E-state index is 12.6. The Bertz CT molecular complexity index is 985. The number of aromatic nitrogens is 2. The van der Waals surface area contributed by atoms with Crippen LogP contribution in [0.25, 0.3) is 0 Å². The number of ketones is 1. The second kappa shape index (κ2) is 7.72. The molecule has 0 saturated heterocycles. The number of fused-ring (bicyclic) bond motifs is 1. The van der Waals surface area contributed by atoms with Crippen molar-refractivity contribution in [2.75, 3.05) is 19.5 Å². The summed E-state index contributed by atoms with van der Waals surface area (Å²) >= 11 is 0. The van der Waals surface area contributed by atoms with E-state index in [-0.39, 0.29) is 11.7 Å². The molecule has 2 heterocycles. The van der Waals surface area contributed by atoms with Gasteiger partial charge in [-0.15, -0.1) is 0 Å². The van der Waals surface area contributed by atoms with E-state index in [0.29, 0.717) is 42.4 Å². The number of furan rings is 1. The minimum Gasteiger partial charge on any atom is -0.493 e. The molecule has 144 valence electrons. The summed E-state index contributed by atoms with van der Waals surface area (Å²) in [4.78, 5) is 21.5. The van der Waals surface area contributed by atoms with Crippen LogP contribution in [-0.2, 0) is 13.0 Å². The molecule has 0 aliphatic heterocycles. The van der Waals surface area contributed by atoms with Gasteiger partial charge in [-0.3, -0.25) is 4.79 Å². The second-order valence-corrected chi connectivity index (χ2v) is 6.63. The molecule has 7 heteroatoms. The molecule has 1 aliphatic rings. The third-order valence-corrected chi connectivity index (χ3v) is 4.92. The molecule has 0 bridgehead atoms. The van der Waals surface area contributed by atoms with Gasteiger partial charge in [0.25, 0.3) is 0 Å². The zero-order valence-corrected chi connectivity index (χ0v) is 15.8. The highest BCUT2D eigenvalue weighted by atomic mass is 16.5. The third-order valence-electron chi connectivity index (χ3n) is 4.92. The van der Waals surface area contributed by atoms with E-state index in [1.807, 2.05) is 30.3 Å². The fourth-order valence-electron chi connectivity index (χ4n) is 3.45. The van der Waals surface area contributed by atoms with Gasteiger partial charge in [0, 0.05) is 12.6 Å². The predicted molar refractivity (Wildman–Crippen MR) is 103 cm³/mol. The first-order valence-electron chi connectivity index (χ1n) is 9.05. The normalized spacial score (nSPS) is 15.8. The third kappa shape index (κ3) is 3.55. The first-order chi connectivity index (χ1) is 13.7. The molecular formula is C21H21N3O4. The Morgan fingerprint density at radius 3 is 2.79 bits per heavy atom. The molecule has 0 spiro atoms. The molecule has 3 aromatic rings. The minimum atomic E-state index is 0.0348. The summed E-state index contributed by atoms with van der Waals surface area (Å²) in [6.45, 7) is 0.485. The van der Waals surface area contributed by atoms with Crippen molar-refractivity contribution >= 4 is 11.7 Å². The fraction of sp³-hybridized carbons (Fsp3) is 0.286. The quantitative estimate of drug-likeness (QED) is 0.700. The highest BCUT2D eigenvalue weighted by Gasteiger charge is 2.28. The molecule has 1 atom stereocenters. The molecule has 28 heavy (non-hydrogen) atoms. The van der Waals surface area contributed by atoms with Crippen LogP contribution in [0.15, 0.2) is 47.2 Å². The molecule has 4 rings (SSSR count). The van der Waals surface area contributed by atoms with Crippen molar-refractivity contribution in [1.29, 1.82) is 0 Å². The van der Waals surface area contributed by atoms with Crippen LogP contribution in [0, 0.1) is 0 Å². The average molecular weight is 379 g/mol. The molecule has 2 aromatic heterocycles. The number of rotatable bonds is 6. The topological polar surface area (TPSA) is 86.5 Å². The van der Waals surface area contributed by atoms with Crippen LogP contribution in [0.2, 0.25) is 0 Å². The van der Waals surface area contributed by atoms with Gasteiger partial charge >= 0.3 is 0 Å². The number of carbonyl (C=O) groups excluding carboxylic acids is 1. The van der Waals surface area contributed by atoms with E-state index < -0.39 is 0 Å². The highest BCUT2D eigenvalue weighted by Crippen LogP contribution is 2.36. The first-order valence-corrected chi connectivity index (χ1v) is 9.05. The van der Waals surface area contributed by atoms with Crippen molar-refractivity contribution in [2.45, 2.75) is 25.3 Å². The number of hydrogen-bond donors (Lipinski definition) is 1. The lowest BCUT2D eigenvalue weighted by atomic mass is 9.82. The van der Waals surface area contributed by atoms with Crippen LogP contribution >= 0.6 is 0 Å². The van der Waals surface area contributed by atoms with Crippen molar-refractivity contribution in [3.05, 3.63) is 65.4 Å². The molecule has 0 fully saturated rings. The van der Waals surface area contributed by atoms with Gasteiger partial charge in [-0.2, -0.15) is 0 Å². The summed E-state index contributed by atoms with van der Waals surface area (Å²) < 4.78 is 16.0. The van der Waals surface area contributed by atoms with E-state index in [2.05, 4.69) is 15.3 Å². The predicted octanol–water partition coefficient (Wildman–Crippen LogP) is 3.61. The SMILES string of the molecule is COc1ccc(C2CC(=O)c3cnc(NCc4ccco4)nc3C2)cc1OC. The van der Waals surface area contributed by atoms with Gasteiger partial charge in [-0.1, -0.05) is 6.07 Å². The van der Waals surface area contributed by atoms with Crippen molar-refractivity contribution in [2.24, 2.45) is 0 Å². The Morgan fingerprint density at radius 2 is 2.04 bits per heavy atom. The van der Waals surface area contributed by atoms with Gasteiger partial charge < -0.3 is 19.2 Å². The maximum Gasteiger partial charge on any atom is 0.223 e. The Kier molecular flexibility index (Phi) is 4.97. The molecule has 1 aliphatic carbocycles.